The van der Waals surface area contributed by atoms with Crippen molar-refractivity contribution in [3.05, 3.63) is 82.1 Å². The summed E-state index contributed by atoms with van der Waals surface area (Å²) in [5.74, 6) is 0.192. The van der Waals surface area contributed by atoms with Gasteiger partial charge in [0.1, 0.15) is 5.75 Å². The van der Waals surface area contributed by atoms with E-state index in [1.165, 1.54) is 5.56 Å². The average Bonchev–Trinajstić information content (AvgIpc) is 2.93. The number of hydrogen-bond acceptors (Lipinski definition) is 3. The molecule has 3 rings (SSSR count). The summed E-state index contributed by atoms with van der Waals surface area (Å²) in [6.45, 7) is 6.01. The Hall–Kier alpha value is -3.05. The van der Waals surface area contributed by atoms with E-state index >= 15 is 0 Å². The molecule has 0 unspecified atom stereocenters. The van der Waals surface area contributed by atoms with Gasteiger partial charge in [-0.15, -0.1) is 0 Å². The van der Waals surface area contributed by atoms with Crippen molar-refractivity contribution in [3.8, 4) is 11.4 Å². The van der Waals surface area contributed by atoms with E-state index < -0.39 is 0 Å². The van der Waals surface area contributed by atoms with E-state index in [0.717, 1.165) is 22.6 Å². The molecule has 0 aliphatic rings. The summed E-state index contributed by atoms with van der Waals surface area (Å²) in [6.07, 6.45) is 1.64. The highest BCUT2D eigenvalue weighted by atomic mass is 35.5. The van der Waals surface area contributed by atoms with Crippen molar-refractivity contribution in [1.82, 2.24) is 9.99 Å². The van der Waals surface area contributed by atoms with Gasteiger partial charge in [-0.3, -0.25) is 4.79 Å². The number of halogens is 1. The van der Waals surface area contributed by atoms with E-state index in [1.807, 2.05) is 26.0 Å². The van der Waals surface area contributed by atoms with Gasteiger partial charge in [0, 0.05) is 27.7 Å². The largest absolute Gasteiger partial charge is 0.484 e. The Balaban J connectivity index is 1.63. The number of aromatic nitrogens is 1. The van der Waals surface area contributed by atoms with Crippen LogP contribution in [0.15, 0.2) is 59.7 Å². The lowest BCUT2D eigenvalue weighted by molar-refractivity contribution is -0.123. The number of hydrogen-bond donors (Lipinski definition) is 1. The lowest BCUT2D eigenvalue weighted by atomic mass is 10.2. The van der Waals surface area contributed by atoms with Crippen molar-refractivity contribution in [2.24, 2.45) is 5.10 Å². The number of amides is 1. The molecule has 1 aromatic heterocycles. The standard InChI is InChI=1S/C22H22ClN3O2/c1-15-6-4-8-20(10-15)26-16(2)11-18(17(26)3)13-24-25-22(27)14-28-21-9-5-7-19(23)12-21/h4-13H,14H2,1-3H3,(H,25,27)/b24-13+. The van der Waals surface area contributed by atoms with Gasteiger partial charge in [0.15, 0.2) is 6.61 Å². The highest BCUT2D eigenvalue weighted by Gasteiger charge is 2.09. The van der Waals surface area contributed by atoms with Crippen LogP contribution in [-0.4, -0.2) is 23.3 Å². The maximum atomic E-state index is 11.9. The van der Waals surface area contributed by atoms with Gasteiger partial charge < -0.3 is 9.30 Å². The average molecular weight is 396 g/mol. The van der Waals surface area contributed by atoms with Gasteiger partial charge >= 0.3 is 0 Å². The van der Waals surface area contributed by atoms with E-state index in [4.69, 9.17) is 16.3 Å². The first kappa shape index (κ1) is 19.7. The third-order valence-electron chi connectivity index (χ3n) is 4.29. The molecule has 0 radical (unpaired) electrons. The molecule has 28 heavy (non-hydrogen) atoms. The van der Waals surface area contributed by atoms with Crippen LogP contribution in [0.2, 0.25) is 5.02 Å². The van der Waals surface area contributed by atoms with E-state index in [-0.39, 0.29) is 12.5 Å². The van der Waals surface area contributed by atoms with Crippen LogP contribution in [0.1, 0.15) is 22.5 Å². The highest BCUT2D eigenvalue weighted by Crippen LogP contribution is 2.20. The quantitative estimate of drug-likeness (QED) is 0.490. The van der Waals surface area contributed by atoms with E-state index in [2.05, 4.69) is 40.2 Å². The van der Waals surface area contributed by atoms with Gasteiger partial charge in [-0.2, -0.15) is 5.10 Å². The van der Waals surface area contributed by atoms with Crippen LogP contribution < -0.4 is 10.2 Å². The van der Waals surface area contributed by atoms with Crippen LogP contribution in [0.4, 0.5) is 0 Å². The Kier molecular flexibility index (Phi) is 6.16. The van der Waals surface area contributed by atoms with Gasteiger partial charge in [0.25, 0.3) is 5.91 Å². The Morgan fingerprint density at radius 1 is 1.14 bits per heavy atom. The van der Waals surface area contributed by atoms with Crippen molar-refractivity contribution in [3.63, 3.8) is 0 Å². The molecule has 1 heterocycles. The molecule has 0 spiro atoms. The maximum Gasteiger partial charge on any atom is 0.277 e. The summed E-state index contributed by atoms with van der Waals surface area (Å²) in [7, 11) is 0. The third-order valence-corrected chi connectivity index (χ3v) is 4.52. The van der Waals surface area contributed by atoms with Gasteiger partial charge in [0.05, 0.1) is 6.21 Å². The van der Waals surface area contributed by atoms with Crippen molar-refractivity contribution in [1.29, 1.82) is 0 Å². The number of ether oxygens (including phenoxy) is 1. The van der Waals surface area contributed by atoms with Crippen LogP contribution in [0, 0.1) is 20.8 Å². The van der Waals surface area contributed by atoms with Crippen LogP contribution in [-0.2, 0) is 4.79 Å². The molecule has 3 aromatic rings. The normalized spacial score (nSPS) is 11.0. The van der Waals surface area contributed by atoms with Crippen molar-refractivity contribution in [2.75, 3.05) is 6.61 Å². The van der Waals surface area contributed by atoms with Crippen LogP contribution in [0.3, 0.4) is 0 Å². The molecular formula is C22H22ClN3O2. The fraction of sp³-hybridized carbons (Fsp3) is 0.182. The van der Waals surface area contributed by atoms with Crippen molar-refractivity contribution < 1.29 is 9.53 Å². The monoisotopic (exact) mass is 395 g/mol. The molecule has 0 fully saturated rings. The first-order chi connectivity index (χ1) is 13.4. The molecule has 1 amide bonds. The van der Waals surface area contributed by atoms with Gasteiger partial charge in [-0.05, 0) is 62.7 Å². The van der Waals surface area contributed by atoms with E-state index in [1.54, 1.807) is 30.5 Å². The summed E-state index contributed by atoms with van der Waals surface area (Å²) in [5.41, 5.74) is 7.88. The summed E-state index contributed by atoms with van der Waals surface area (Å²) >= 11 is 5.89. The predicted octanol–water partition coefficient (Wildman–Crippen LogP) is 4.59. The van der Waals surface area contributed by atoms with Crippen LogP contribution >= 0.6 is 11.6 Å². The Morgan fingerprint density at radius 2 is 1.93 bits per heavy atom. The molecule has 0 bridgehead atoms. The minimum atomic E-state index is -0.344. The highest BCUT2D eigenvalue weighted by molar-refractivity contribution is 6.30. The molecule has 0 atom stereocenters. The number of benzene rings is 2. The van der Waals surface area contributed by atoms with Gasteiger partial charge in [-0.1, -0.05) is 29.8 Å². The predicted molar refractivity (Wildman–Crippen MR) is 113 cm³/mol. The number of carbonyl (C=O) groups is 1. The first-order valence-electron chi connectivity index (χ1n) is 8.90. The van der Waals surface area contributed by atoms with Gasteiger partial charge in [-0.25, -0.2) is 5.43 Å². The summed E-state index contributed by atoms with van der Waals surface area (Å²) in [6, 6.07) is 17.2. The molecule has 0 saturated heterocycles. The second-order valence-corrected chi connectivity index (χ2v) is 6.98. The van der Waals surface area contributed by atoms with Gasteiger partial charge in [0.2, 0.25) is 0 Å². The fourth-order valence-electron chi connectivity index (χ4n) is 2.99. The topological polar surface area (TPSA) is 55.6 Å². The first-order valence-corrected chi connectivity index (χ1v) is 9.28. The number of rotatable bonds is 6. The Morgan fingerprint density at radius 3 is 2.68 bits per heavy atom. The van der Waals surface area contributed by atoms with E-state index in [9.17, 15) is 4.79 Å². The SMILES string of the molecule is Cc1cccc(-n2c(C)cc(/C=N/NC(=O)COc3cccc(Cl)c3)c2C)c1. The molecular weight excluding hydrogens is 374 g/mol. The van der Waals surface area contributed by atoms with Crippen LogP contribution in [0.25, 0.3) is 5.69 Å². The zero-order valence-corrected chi connectivity index (χ0v) is 16.8. The van der Waals surface area contributed by atoms with Crippen LogP contribution in [0.5, 0.6) is 5.75 Å². The molecule has 0 aliphatic heterocycles. The smallest absolute Gasteiger partial charge is 0.277 e. The minimum Gasteiger partial charge on any atom is -0.484 e. The Bertz CT molecular complexity index is 1020. The number of nitrogens with zero attached hydrogens (tertiary/aromatic N) is 2. The molecule has 2 aromatic carbocycles. The molecule has 6 heteroatoms. The molecule has 5 nitrogen and oxygen atoms in total. The number of hydrazone groups is 1. The summed E-state index contributed by atoms with van der Waals surface area (Å²) in [4.78, 5) is 11.9. The molecule has 144 valence electrons. The number of carbonyl (C=O) groups excluding carboxylic acids is 1. The van der Waals surface area contributed by atoms with Crippen molar-refractivity contribution in [2.45, 2.75) is 20.8 Å². The second-order valence-electron chi connectivity index (χ2n) is 6.54. The fourth-order valence-corrected chi connectivity index (χ4v) is 3.17. The molecule has 0 aliphatic carbocycles. The lowest BCUT2D eigenvalue weighted by Crippen LogP contribution is -2.24. The zero-order chi connectivity index (χ0) is 20.1. The molecule has 0 saturated carbocycles. The Labute approximate surface area is 169 Å². The van der Waals surface area contributed by atoms with E-state index in [0.29, 0.717) is 10.8 Å². The number of nitrogens with one attached hydrogen (secondary N) is 1. The number of aryl methyl sites for hydroxylation is 2. The lowest BCUT2D eigenvalue weighted by Gasteiger charge is -2.10. The zero-order valence-electron chi connectivity index (χ0n) is 16.1. The summed E-state index contributed by atoms with van der Waals surface area (Å²) in [5, 5.41) is 4.61. The second kappa shape index (κ2) is 8.76. The minimum absolute atomic E-state index is 0.139. The maximum absolute atomic E-state index is 11.9. The summed E-state index contributed by atoms with van der Waals surface area (Å²) < 4.78 is 7.56. The third kappa shape index (κ3) is 4.81. The van der Waals surface area contributed by atoms with Crippen molar-refractivity contribution >= 4 is 23.7 Å². The molecule has 1 N–H and O–H groups in total.